The van der Waals surface area contributed by atoms with Crippen LogP contribution in [0.5, 0.6) is 0 Å². The lowest BCUT2D eigenvalue weighted by Gasteiger charge is -2.37. The summed E-state index contributed by atoms with van der Waals surface area (Å²) in [6.07, 6.45) is 6.86. The van der Waals surface area contributed by atoms with Crippen molar-refractivity contribution >= 4 is 5.95 Å². The van der Waals surface area contributed by atoms with Crippen LogP contribution < -0.4 is 10.6 Å². The molecule has 0 aliphatic carbocycles. The molecule has 0 bridgehead atoms. The summed E-state index contributed by atoms with van der Waals surface area (Å²) in [7, 11) is 0. The van der Waals surface area contributed by atoms with E-state index in [0.29, 0.717) is 12.0 Å². The van der Waals surface area contributed by atoms with E-state index < -0.39 is 0 Å². The van der Waals surface area contributed by atoms with Gasteiger partial charge in [-0.3, -0.25) is 0 Å². The second-order valence-corrected chi connectivity index (χ2v) is 5.80. The van der Waals surface area contributed by atoms with Gasteiger partial charge in [-0.05, 0) is 25.7 Å². The van der Waals surface area contributed by atoms with Crippen molar-refractivity contribution in [3.8, 4) is 0 Å². The Labute approximate surface area is 117 Å². The maximum atomic E-state index is 6.20. The minimum absolute atomic E-state index is 0.362. The highest BCUT2D eigenvalue weighted by Crippen LogP contribution is 2.24. The number of nitrogens with two attached hydrogens (primary N) is 1. The minimum atomic E-state index is 0.362. The number of aromatic nitrogens is 2. The van der Waals surface area contributed by atoms with Crippen LogP contribution in [-0.4, -0.2) is 28.7 Å². The zero-order valence-corrected chi connectivity index (χ0v) is 12.6. The minimum Gasteiger partial charge on any atom is -0.342 e. The van der Waals surface area contributed by atoms with Crippen molar-refractivity contribution in [3.05, 3.63) is 11.9 Å². The Morgan fingerprint density at radius 1 is 1.42 bits per heavy atom. The first-order valence-electron chi connectivity index (χ1n) is 7.70. The van der Waals surface area contributed by atoms with Crippen molar-refractivity contribution in [2.45, 2.75) is 59.0 Å². The Morgan fingerprint density at radius 2 is 2.21 bits per heavy atom. The number of piperidine rings is 1. The Morgan fingerprint density at radius 3 is 2.89 bits per heavy atom. The SMILES string of the molecule is CCCCn1cc(C)nc1N1CCC(N)C(CC)C1. The fourth-order valence-corrected chi connectivity index (χ4v) is 2.94. The zero-order valence-electron chi connectivity index (χ0n) is 12.6. The highest BCUT2D eigenvalue weighted by Gasteiger charge is 2.27. The van der Waals surface area contributed by atoms with Crippen LogP contribution in [0.4, 0.5) is 5.95 Å². The quantitative estimate of drug-likeness (QED) is 0.889. The number of aryl methyl sites for hydroxylation is 2. The predicted octanol–water partition coefficient (Wildman–Crippen LogP) is 2.56. The Kier molecular flexibility index (Phi) is 4.86. The third-order valence-corrected chi connectivity index (χ3v) is 4.23. The maximum absolute atomic E-state index is 6.20. The summed E-state index contributed by atoms with van der Waals surface area (Å²) in [6, 6.07) is 0.362. The number of nitrogens with zero attached hydrogens (tertiary/aromatic N) is 3. The fraction of sp³-hybridized carbons (Fsp3) is 0.800. The lowest BCUT2D eigenvalue weighted by Crippen LogP contribution is -2.47. The van der Waals surface area contributed by atoms with Gasteiger partial charge in [0.25, 0.3) is 0 Å². The monoisotopic (exact) mass is 264 g/mol. The molecule has 2 heterocycles. The average molecular weight is 264 g/mol. The predicted molar refractivity (Wildman–Crippen MR) is 80.5 cm³/mol. The molecular weight excluding hydrogens is 236 g/mol. The van der Waals surface area contributed by atoms with E-state index in [1.165, 1.54) is 12.8 Å². The van der Waals surface area contributed by atoms with Crippen LogP contribution in [0.25, 0.3) is 0 Å². The van der Waals surface area contributed by atoms with Crippen molar-refractivity contribution in [2.24, 2.45) is 11.7 Å². The summed E-state index contributed by atoms with van der Waals surface area (Å²) < 4.78 is 2.32. The molecule has 0 spiro atoms. The molecule has 1 fully saturated rings. The summed E-state index contributed by atoms with van der Waals surface area (Å²) in [5, 5.41) is 0. The van der Waals surface area contributed by atoms with Gasteiger partial charge in [-0.25, -0.2) is 4.98 Å². The average Bonchev–Trinajstić information content (AvgIpc) is 2.78. The van der Waals surface area contributed by atoms with Gasteiger partial charge < -0.3 is 15.2 Å². The molecule has 0 saturated carbocycles. The molecule has 0 radical (unpaired) electrons. The molecule has 1 aromatic rings. The summed E-state index contributed by atoms with van der Waals surface area (Å²) in [6.45, 7) is 9.73. The van der Waals surface area contributed by atoms with E-state index in [1.54, 1.807) is 0 Å². The molecule has 1 aromatic heterocycles. The first-order valence-corrected chi connectivity index (χ1v) is 7.70. The Bertz CT molecular complexity index is 399. The van der Waals surface area contributed by atoms with E-state index in [4.69, 9.17) is 10.7 Å². The van der Waals surface area contributed by atoms with Crippen LogP contribution >= 0.6 is 0 Å². The van der Waals surface area contributed by atoms with Gasteiger partial charge in [-0.1, -0.05) is 26.7 Å². The fourth-order valence-electron chi connectivity index (χ4n) is 2.94. The summed E-state index contributed by atoms with van der Waals surface area (Å²) in [5.74, 6) is 1.75. The number of hydrogen-bond acceptors (Lipinski definition) is 3. The van der Waals surface area contributed by atoms with Gasteiger partial charge in [0.1, 0.15) is 0 Å². The van der Waals surface area contributed by atoms with Gasteiger partial charge >= 0.3 is 0 Å². The van der Waals surface area contributed by atoms with Crippen LogP contribution in [0.3, 0.4) is 0 Å². The molecular formula is C15H28N4. The second-order valence-electron chi connectivity index (χ2n) is 5.80. The van der Waals surface area contributed by atoms with Gasteiger partial charge in [0, 0.05) is 31.9 Å². The molecule has 2 N–H and O–H groups in total. The number of hydrogen-bond donors (Lipinski definition) is 1. The Balaban J connectivity index is 2.12. The Hall–Kier alpha value is -1.03. The number of anilines is 1. The van der Waals surface area contributed by atoms with Crippen LogP contribution in [0.2, 0.25) is 0 Å². The van der Waals surface area contributed by atoms with Gasteiger partial charge in [0.2, 0.25) is 5.95 Å². The standard InChI is InChI=1S/C15H28N4/c1-4-6-8-18-10-12(3)17-15(18)19-9-7-14(16)13(5-2)11-19/h10,13-14H,4-9,11,16H2,1-3H3. The van der Waals surface area contributed by atoms with Crippen molar-refractivity contribution < 1.29 is 0 Å². The van der Waals surface area contributed by atoms with Crippen LogP contribution in [0.15, 0.2) is 6.20 Å². The van der Waals surface area contributed by atoms with Crippen LogP contribution in [0.1, 0.15) is 45.2 Å². The summed E-state index contributed by atoms with van der Waals surface area (Å²) in [4.78, 5) is 7.16. The van der Waals surface area contributed by atoms with Gasteiger partial charge in [-0.15, -0.1) is 0 Å². The van der Waals surface area contributed by atoms with Crippen molar-refractivity contribution in [2.75, 3.05) is 18.0 Å². The van der Waals surface area contributed by atoms with E-state index in [2.05, 4.69) is 36.4 Å². The molecule has 2 unspecified atom stereocenters. The second kappa shape index (κ2) is 6.42. The van der Waals surface area contributed by atoms with Gasteiger partial charge in [0.05, 0.1) is 5.69 Å². The zero-order chi connectivity index (χ0) is 13.8. The lowest BCUT2D eigenvalue weighted by atomic mass is 9.91. The lowest BCUT2D eigenvalue weighted by molar-refractivity contribution is 0.343. The molecule has 1 saturated heterocycles. The highest BCUT2D eigenvalue weighted by atomic mass is 15.3. The molecule has 4 heteroatoms. The van der Waals surface area contributed by atoms with Gasteiger partial charge in [0.15, 0.2) is 0 Å². The van der Waals surface area contributed by atoms with Crippen LogP contribution in [-0.2, 0) is 6.54 Å². The summed E-state index contributed by atoms with van der Waals surface area (Å²) in [5.41, 5.74) is 7.32. The van der Waals surface area contributed by atoms with Crippen molar-refractivity contribution in [1.29, 1.82) is 0 Å². The number of unbranched alkanes of at least 4 members (excludes halogenated alkanes) is 1. The molecule has 2 rings (SSSR count). The highest BCUT2D eigenvalue weighted by molar-refractivity contribution is 5.34. The molecule has 4 nitrogen and oxygen atoms in total. The van der Waals surface area contributed by atoms with E-state index in [0.717, 1.165) is 44.1 Å². The molecule has 0 aromatic carbocycles. The third-order valence-electron chi connectivity index (χ3n) is 4.23. The molecule has 108 valence electrons. The first-order chi connectivity index (χ1) is 9.15. The molecule has 19 heavy (non-hydrogen) atoms. The molecule has 1 aliphatic rings. The number of imidazole rings is 1. The van der Waals surface area contributed by atoms with Gasteiger partial charge in [-0.2, -0.15) is 0 Å². The van der Waals surface area contributed by atoms with E-state index in [-0.39, 0.29) is 0 Å². The molecule has 1 aliphatic heterocycles. The largest absolute Gasteiger partial charge is 0.342 e. The smallest absolute Gasteiger partial charge is 0.205 e. The molecule has 0 amide bonds. The normalized spacial score (nSPS) is 23.9. The van der Waals surface area contributed by atoms with E-state index >= 15 is 0 Å². The maximum Gasteiger partial charge on any atom is 0.205 e. The van der Waals surface area contributed by atoms with E-state index in [1.807, 2.05) is 0 Å². The summed E-state index contributed by atoms with van der Waals surface area (Å²) >= 11 is 0. The third kappa shape index (κ3) is 3.30. The topological polar surface area (TPSA) is 47.1 Å². The first kappa shape index (κ1) is 14.4. The van der Waals surface area contributed by atoms with Crippen molar-refractivity contribution in [1.82, 2.24) is 9.55 Å². The number of rotatable bonds is 5. The molecule has 2 atom stereocenters. The van der Waals surface area contributed by atoms with Crippen molar-refractivity contribution in [3.63, 3.8) is 0 Å². The van der Waals surface area contributed by atoms with Crippen LogP contribution in [0, 0.1) is 12.8 Å². The van der Waals surface area contributed by atoms with E-state index in [9.17, 15) is 0 Å².